The first kappa shape index (κ1) is 46.5. The maximum atomic E-state index is 9.87. The molecular weight excluding hydrogens is 963 g/mol. The van der Waals surface area contributed by atoms with E-state index in [1.807, 2.05) is 0 Å². The Bertz CT molecular complexity index is 1930. The molecule has 1 aliphatic heterocycles. The minimum atomic E-state index is -10.7. The third-order valence-electron chi connectivity index (χ3n) is 11.8. The summed E-state index contributed by atoms with van der Waals surface area (Å²) in [4.78, 5) is 5.10. The molecule has 4 atom stereocenters. The topological polar surface area (TPSA) is 21.6 Å². The van der Waals surface area contributed by atoms with E-state index in [-0.39, 0.29) is 31.6 Å². The average Bonchev–Trinajstić information content (AvgIpc) is 3.91. The molecule has 1 heterocycles. The molecule has 0 amide bonds. The van der Waals surface area contributed by atoms with Crippen molar-refractivity contribution in [2.75, 3.05) is 6.61 Å². The van der Waals surface area contributed by atoms with Gasteiger partial charge in [-0.1, -0.05) is 74.5 Å². The van der Waals surface area contributed by atoms with Gasteiger partial charge in [0.05, 0.1) is 14.0 Å². The van der Waals surface area contributed by atoms with Gasteiger partial charge in [-0.2, -0.15) is 13.8 Å². The number of benzene rings is 4. The van der Waals surface area contributed by atoms with Crippen molar-refractivity contribution in [1.82, 2.24) is 0 Å². The molecule has 1 saturated carbocycles. The predicted octanol–water partition coefficient (Wildman–Crippen LogP) is 13.2. The maximum absolute atomic E-state index is 10.7. The fourth-order valence-corrected chi connectivity index (χ4v) is 11.9. The van der Waals surface area contributed by atoms with E-state index < -0.39 is 15.7 Å². The molecule has 0 bridgehead atoms. The fourth-order valence-electron chi connectivity index (χ4n) is 8.99. The van der Waals surface area contributed by atoms with Gasteiger partial charge >= 0.3 is 33.0 Å². The summed E-state index contributed by atoms with van der Waals surface area (Å²) < 4.78 is 65.5. The molecule has 1 spiro atoms. The standard InChI is InChI=1S/C35H34NOP.C12H20.F6P.Ir/c1-24(2)30-23-37-34(36-30)29-17-9-11-25-19-21-35(32(25)29)22-20-26-12-10-18-31(33(26)35)38(27-13-5-3-6-14-27)28-15-7-4-8-16-28;1-3-11-7-5-6-8-12(4-2)10-9-11;1-7(2,3,4,5)6;/h3-18,24,30H,19-23H2,1-2H3;3-4,7-8,11-12H,5-6,9-10H2,1-2H3;;/q;-4;-1;/p+1/t30-,35+;;;/m1.../s1. The zero-order chi connectivity index (χ0) is 40.9. The molecule has 11 heteroatoms. The van der Waals surface area contributed by atoms with Gasteiger partial charge in [0.1, 0.15) is 22.5 Å². The van der Waals surface area contributed by atoms with Crippen LogP contribution in [0.2, 0.25) is 0 Å². The van der Waals surface area contributed by atoms with Gasteiger partial charge in [-0.15, -0.1) is 12.8 Å². The Morgan fingerprint density at radius 2 is 1.19 bits per heavy atom. The molecule has 8 rings (SSSR count). The van der Waals surface area contributed by atoms with Crippen molar-refractivity contribution in [3.05, 3.63) is 151 Å². The van der Waals surface area contributed by atoms with Gasteiger partial charge in [-0.25, -0.2) is 17.8 Å². The van der Waals surface area contributed by atoms with Crippen LogP contribution in [0.25, 0.3) is 0 Å². The van der Waals surface area contributed by atoms with E-state index in [1.54, 1.807) is 10.9 Å². The first-order valence-electron chi connectivity index (χ1n) is 20.2. The van der Waals surface area contributed by atoms with Crippen molar-refractivity contribution in [3.8, 4) is 0 Å². The first-order valence-corrected chi connectivity index (χ1v) is 23.8. The Labute approximate surface area is 356 Å². The van der Waals surface area contributed by atoms with Gasteiger partial charge in [0.25, 0.3) is 0 Å². The zero-order valence-electron chi connectivity index (χ0n) is 33.6. The molecule has 4 aliphatic rings. The fraction of sp³-hybridized carbons (Fsp3) is 0.383. The molecule has 0 N–H and O–H groups in total. The Morgan fingerprint density at radius 3 is 1.66 bits per heavy atom. The van der Waals surface area contributed by atoms with Gasteiger partial charge < -0.3 is 30.4 Å². The third kappa shape index (κ3) is 12.0. The Morgan fingerprint density at radius 1 is 0.707 bits per heavy atom. The van der Waals surface area contributed by atoms with Crippen LogP contribution in [-0.2, 0) is 43.1 Å². The van der Waals surface area contributed by atoms with E-state index in [1.165, 1.54) is 71.4 Å². The quantitative estimate of drug-likeness (QED) is 0.103. The monoisotopic (exact) mass is 1020 g/mol. The molecule has 1 fully saturated rings. The summed E-state index contributed by atoms with van der Waals surface area (Å²) >= 11 is 0. The van der Waals surface area contributed by atoms with Crippen molar-refractivity contribution >= 4 is 37.5 Å². The van der Waals surface area contributed by atoms with E-state index in [9.17, 15) is 25.2 Å². The largest absolute Gasteiger partial charge is 0 e. The number of nitrogens with zero attached hydrogens (tertiary/aromatic N) is 1. The van der Waals surface area contributed by atoms with Crippen LogP contribution in [0.5, 0.6) is 0 Å². The Kier molecular flexibility index (Phi) is 14.9. The van der Waals surface area contributed by atoms with Gasteiger partial charge in [0.15, 0.2) is 0 Å². The van der Waals surface area contributed by atoms with Crippen LogP contribution in [0.3, 0.4) is 0 Å². The molecule has 0 saturated heterocycles. The van der Waals surface area contributed by atoms with Crippen LogP contribution in [0.4, 0.5) is 25.2 Å². The van der Waals surface area contributed by atoms with Crippen molar-refractivity contribution in [2.45, 2.75) is 90.5 Å². The Balaban J connectivity index is 0.000000266. The van der Waals surface area contributed by atoms with E-state index >= 15 is 0 Å². The van der Waals surface area contributed by atoms with Crippen LogP contribution >= 0.6 is 15.7 Å². The molecular formula is C47H55F6IrNOP2-4. The average molecular weight is 1020 g/mol. The number of aliphatic imine (C=N–C) groups is 1. The van der Waals surface area contributed by atoms with Crippen LogP contribution in [0.15, 0.2) is 102 Å². The van der Waals surface area contributed by atoms with E-state index in [2.05, 4.69) is 150 Å². The van der Waals surface area contributed by atoms with Gasteiger partial charge in [0.2, 0.25) is 5.90 Å². The number of rotatable bonds is 7. The van der Waals surface area contributed by atoms with Crippen LogP contribution < -0.4 is 15.9 Å². The molecule has 58 heavy (non-hydrogen) atoms. The SMILES string of the molecule is CC(C)[C@H]1COC(c2cccc3c2[C@]2(CC3)CCc3cccc([PH+](c4ccccc4)c4ccccc4)c32)=N1.C[CH-]C1[CH-]CC[CH-]C([CH-]C)CC1.F[P-](F)(F)(F)(F)F.[Ir]. The van der Waals surface area contributed by atoms with Crippen LogP contribution in [0, 0.1) is 43.4 Å². The molecule has 0 aromatic heterocycles. The second-order valence-electron chi connectivity index (χ2n) is 16.0. The predicted molar refractivity (Wildman–Crippen MR) is 229 cm³/mol. The molecule has 4 aromatic rings. The summed E-state index contributed by atoms with van der Waals surface area (Å²) in [6.07, 6.45) is 19.4. The normalized spacial score (nSPS) is 23.7. The zero-order valence-corrected chi connectivity index (χ0v) is 37.9. The van der Waals surface area contributed by atoms with Crippen LogP contribution in [0.1, 0.15) is 94.0 Å². The number of hydrogen-bond acceptors (Lipinski definition) is 2. The number of hydrogen-bond donors (Lipinski definition) is 0. The van der Waals surface area contributed by atoms with Crippen molar-refractivity contribution in [3.63, 3.8) is 0 Å². The van der Waals surface area contributed by atoms with Gasteiger partial charge in [0, 0.05) is 36.6 Å². The summed E-state index contributed by atoms with van der Waals surface area (Å²) in [5.74, 6) is 2.88. The summed E-state index contributed by atoms with van der Waals surface area (Å²) in [6, 6.07) is 36.6. The van der Waals surface area contributed by atoms with Crippen LogP contribution in [-0.4, -0.2) is 18.5 Å². The smallest absolute Gasteiger partial charge is 0 e. The van der Waals surface area contributed by atoms with Gasteiger partial charge in [-0.3, -0.25) is 11.8 Å². The molecule has 2 unspecified atom stereocenters. The number of aryl methyl sites for hydroxylation is 2. The summed E-state index contributed by atoms with van der Waals surface area (Å²) in [6.45, 7) is 9.54. The molecule has 1 radical (unpaired) electrons. The third-order valence-corrected chi connectivity index (χ3v) is 14.5. The second kappa shape index (κ2) is 18.6. The molecule has 319 valence electrons. The van der Waals surface area contributed by atoms with Crippen molar-refractivity contribution in [1.29, 1.82) is 0 Å². The number of halogens is 6. The minimum Gasteiger partial charge on any atom is 0 e. The first-order chi connectivity index (χ1) is 27.0. The number of ether oxygens (including phenoxy) is 1. The summed E-state index contributed by atoms with van der Waals surface area (Å²) in [5, 5.41) is 4.46. The van der Waals surface area contributed by atoms with E-state index in [4.69, 9.17) is 9.73 Å². The minimum absolute atomic E-state index is 0. The van der Waals surface area contributed by atoms with Crippen molar-refractivity contribution < 1.29 is 50.0 Å². The number of fused-ring (bicyclic) bond motifs is 4. The maximum Gasteiger partial charge on any atom is 0 e. The molecule has 2 nitrogen and oxygen atoms in total. The summed E-state index contributed by atoms with van der Waals surface area (Å²) in [7, 11) is -11.8. The van der Waals surface area contributed by atoms with Crippen molar-refractivity contribution in [2.24, 2.45) is 22.7 Å². The van der Waals surface area contributed by atoms with E-state index in [0.717, 1.165) is 30.6 Å². The summed E-state index contributed by atoms with van der Waals surface area (Å²) in [5.41, 5.74) is 7.38. The second-order valence-corrected chi connectivity index (χ2v) is 20.4. The molecule has 4 aromatic carbocycles. The Hall–Kier alpha value is -2.56. The molecule has 3 aliphatic carbocycles. The van der Waals surface area contributed by atoms with E-state index in [0.29, 0.717) is 12.5 Å². The van der Waals surface area contributed by atoms with Gasteiger partial charge in [-0.05, 0) is 84.7 Å².